The molecule has 0 atom stereocenters. The lowest BCUT2D eigenvalue weighted by molar-refractivity contribution is -0.116. The Kier molecular flexibility index (Phi) is 5.00. The quantitative estimate of drug-likeness (QED) is 0.835. The van der Waals surface area contributed by atoms with E-state index in [0.717, 1.165) is 20.1 Å². The summed E-state index contributed by atoms with van der Waals surface area (Å²) < 4.78 is 2.95. The van der Waals surface area contributed by atoms with E-state index >= 15 is 0 Å². The number of anilines is 1. The van der Waals surface area contributed by atoms with Crippen LogP contribution in [-0.4, -0.2) is 10.5 Å². The van der Waals surface area contributed by atoms with Crippen LogP contribution in [0.4, 0.5) is 5.69 Å². The van der Waals surface area contributed by atoms with E-state index < -0.39 is 0 Å². The average molecular weight is 414 g/mol. The fraction of sp³-hybridized carbons (Fsp3) is 0.200. The summed E-state index contributed by atoms with van der Waals surface area (Å²) in [6.45, 7) is 3.78. The van der Waals surface area contributed by atoms with E-state index in [-0.39, 0.29) is 18.0 Å². The monoisotopic (exact) mass is 412 g/mol. The molecule has 0 unspecified atom stereocenters. The predicted octanol–water partition coefficient (Wildman–Crippen LogP) is 3.63. The van der Waals surface area contributed by atoms with Crippen molar-refractivity contribution in [2.24, 2.45) is 0 Å². The van der Waals surface area contributed by atoms with Crippen LogP contribution in [0, 0.1) is 13.8 Å². The Morgan fingerprint density at radius 2 is 1.76 bits per heavy atom. The number of rotatable bonds is 3. The molecule has 0 fully saturated rings. The Balaban J connectivity index is 2.17. The number of pyridine rings is 1. The van der Waals surface area contributed by atoms with E-state index in [4.69, 9.17) is 0 Å². The van der Waals surface area contributed by atoms with Crippen molar-refractivity contribution < 1.29 is 4.79 Å². The van der Waals surface area contributed by atoms with E-state index in [1.807, 2.05) is 26.0 Å². The highest BCUT2D eigenvalue weighted by Crippen LogP contribution is 2.32. The van der Waals surface area contributed by atoms with E-state index in [1.54, 1.807) is 12.3 Å². The van der Waals surface area contributed by atoms with Crippen LogP contribution >= 0.6 is 31.9 Å². The third-order valence-electron chi connectivity index (χ3n) is 2.92. The van der Waals surface area contributed by atoms with Crippen molar-refractivity contribution >= 4 is 43.5 Å². The molecule has 1 N–H and O–H groups in total. The zero-order chi connectivity index (χ0) is 15.6. The minimum Gasteiger partial charge on any atom is -0.323 e. The van der Waals surface area contributed by atoms with E-state index in [0.29, 0.717) is 5.69 Å². The molecule has 0 saturated carbocycles. The number of aryl methyl sites for hydroxylation is 2. The molecule has 4 nitrogen and oxygen atoms in total. The largest absolute Gasteiger partial charge is 0.323 e. The Labute approximate surface area is 139 Å². The Hall–Kier alpha value is -1.40. The van der Waals surface area contributed by atoms with Gasteiger partial charge in [0, 0.05) is 21.2 Å². The van der Waals surface area contributed by atoms with E-state index in [2.05, 4.69) is 37.2 Å². The summed E-state index contributed by atoms with van der Waals surface area (Å²) in [7, 11) is 0. The number of nitrogens with zero attached hydrogens (tertiary/aromatic N) is 1. The van der Waals surface area contributed by atoms with Crippen LogP contribution in [0.2, 0.25) is 0 Å². The zero-order valence-corrected chi connectivity index (χ0v) is 14.8. The molecule has 2 rings (SSSR count). The van der Waals surface area contributed by atoms with Crippen molar-refractivity contribution in [1.82, 2.24) is 4.57 Å². The predicted molar refractivity (Wildman–Crippen MR) is 90.6 cm³/mol. The molecule has 0 aliphatic heterocycles. The second kappa shape index (κ2) is 6.58. The van der Waals surface area contributed by atoms with Gasteiger partial charge in [-0.2, -0.15) is 0 Å². The van der Waals surface area contributed by atoms with Gasteiger partial charge in [0.2, 0.25) is 5.91 Å². The van der Waals surface area contributed by atoms with Gasteiger partial charge >= 0.3 is 0 Å². The number of halogens is 2. The van der Waals surface area contributed by atoms with Gasteiger partial charge in [-0.25, -0.2) is 0 Å². The van der Waals surface area contributed by atoms with Crippen LogP contribution < -0.4 is 10.9 Å². The average Bonchev–Trinajstić information content (AvgIpc) is 2.37. The maximum Gasteiger partial charge on any atom is 0.251 e. The summed E-state index contributed by atoms with van der Waals surface area (Å²) >= 11 is 6.85. The number of benzene rings is 1. The summed E-state index contributed by atoms with van der Waals surface area (Å²) in [6.07, 6.45) is 1.62. The van der Waals surface area contributed by atoms with E-state index in [1.165, 1.54) is 10.6 Å². The number of nitrogens with one attached hydrogen (secondary N) is 1. The third-order valence-corrected chi connectivity index (χ3v) is 4.17. The Morgan fingerprint density at radius 3 is 2.33 bits per heavy atom. The van der Waals surface area contributed by atoms with Crippen molar-refractivity contribution in [3.8, 4) is 0 Å². The summed E-state index contributed by atoms with van der Waals surface area (Å²) in [5.74, 6) is -0.258. The van der Waals surface area contributed by atoms with Gasteiger partial charge in [-0.15, -0.1) is 0 Å². The van der Waals surface area contributed by atoms with Gasteiger partial charge in [-0.05, 0) is 75.0 Å². The number of aromatic nitrogens is 1. The van der Waals surface area contributed by atoms with Gasteiger partial charge in [0.05, 0.1) is 5.69 Å². The van der Waals surface area contributed by atoms with Crippen LogP contribution in [0.25, 0.3) is 0 Å². The zero-order valence-electron chi connectivity index (χ0n) is 11.6. The van der Waals surface area contributed by atoms with Crippen LogP contribution in [0.1, 0.15) is 11.1 Å². The van der Waals surface area contributed by atoms with Crippen LogP contribution in [0.15, 0.2) is 44.2 Å². The van der Waals surface area contributed by atoms with Crippen molar-refractivity contribution in [2.45, 2.75) is 20.4 Å². The van der Waals surface area contributed by atoms with Crippen LogP contribution in [0.3, 0.4) is 0 Å². The molecule has 0 saturated heterocycles. The van der Waals surface area contributed by atoms with Crippen LogP contribution in [-0.2, 0) is 11.3 Å². The molecule has 1 aromatic heterocycles. The number of carbonyl (C=O) groups excluding carboxylic acids is 1. The SMILES string of the molecule is Cc1cc(Br)c(NC(=O)Cn2ccc(C)cc2=O)c(Br)c1. The summed E-state index contributed by atoms with van der Waals surface area (Å²) in [6, 6.07) is 7.13. The fourth-order valence-corrected chi connectivity index (χ4v) is 3.50. The first-order chi connectivity index (χ1) is 9.86. The topological polar surface area (TPSA) is 51.1 Å². The van der Waals surface area contributed by atoms with Crippen molar-refractivity contribution in [2.75, 3.05) is 5.32 Å². The third kappa shape index (κ3) is 4.04. The van der Waals surface area contributed by atoms with Gasteiger partial charge in [0.15, 0.2) is 0 Å². The van der Waals surface area contributed by atoms with Gasteiger partial charge in [-0.1, -0.05) is 0 Å². The Bertz CT molecular complexity index is 731. The number of amides is 1. The molecule has 1 heterocycles. The lowest BCUT2D eigenvalue weighted by Crippen LogP contribution is -2.27. The standard InChI is InChI=1S/C15H14Br2N2O2/c1-9-3-4-19(14(21)7-9)8-13(20)18-15-11(16)5-10(2)6-12(15)17/h3-7H,8H2,1-2H3,(H,18,20). The van der Waals surface area contributed by atoms with Crippen molar-refractivity contribution in [1.29, 1.82) is 0 Å². The normalized spacial score (nSPS) is 10.5. The minimum absolute atomic E-state index is 0.0220. The Morgan fingerprint density at radius 1 is 1.14 bits per heavy atom. The molecule has 21 heavy (non-hydrogen) atoms. The van der Waals surface area contributed by atoms with E-state index in [9.17, 15) is 9.59 Å². The first-order valence-electron chi connectivity index (χ1n) is 6.29. The van der Waals surface area contributed by atoms with Crippen molar-refractivity contribution in [3.63, 3.8) is 0 Å². The first kappa shape index (κ1) is 16.0. The second-order valence-electron chi connectivity index (χ2n) is 4.82. The molecular weight excluding hydrogens is 400 g/mol. The molecule has 0 bridgehead atoms. The fourth-order valence-electron chi connectivity index (χ4n) is 1.89. The van der Waals surface area contributed by atoms with Gasteiger partial charge in [0.25, 0.3) is 5.56 Å². The molecule has 1 aromatic carbocycles. The highest BCUT2D eigenvalue weighted by Gasteiger charge is 2.11. The highest BCUT2D eigenvalue weighted by atomic mass is 79.9. The summed E-state index contributed by atoms with van der Waals surface area (Å²) in [4.78, 5) is 23.9. The highest BCUT2D eigenvalue weighted by molar-refractivity contribution is 9.11. The molecule has 6 heteroatoms. The molecule has 2 aromatic rings. The number of carbonyl (C=O) groups is 1. The summed E-state index contributed by atoms with van der Waals surface area (Å²) in [5, 5.41) is 2.80. The van der Waals surface area contributed by atoms with Gasteiger partial charge < -0.3 is 9.88 Å². The molecule has 0 spiro atoms. The van der Waals surface area contributed by atoms with Gasteiger partial charge in [-0.3, -0.25) is 9.59 Å². The molecule has 0 aliphatic rings. The summed E-state index contributed by atoms with van der Waals surface area (Å²) in [5.41, 5.74) is 2.42. The lowest BCUT2D eigenvalue weighted by Gasteiger charge is -2.11. The van der Waals surface area contributed by atoms with Gasteiger partial charge in [0.1, 0.15) is 6.54 Å². The first-order valence-corrected chi connectivity index (χ1v) is 7.88. The molecular formula is C15H14Br2N2O2. The molecule has 110 valence electrons. The molecule has 0 radical (unpaired) electrons. The lowest BCUT2D eigenvalue weighted by atomic mass is 10.2. The maximum absolute atomic E-state index is 12.1. The molecule has 1 amide bonds. The number of hydrogen-bond acceptors (Lipinski definition) is 2. The number of hydrogen-bond donors (Lipinski definition) is 1. The van der Waals surface area contributed by atoms with Crippen LogP contribution in [0.5, 0.6) is 0 Å². The smallest absolute Gasteiger partial charge is 0.251 e. The molecule has 0 aliphatic carbocycles. The minimum atomic E-state index is -0.258. The second-order valence-corrected chi connectivity index (χ2v) is 6.53. The van der Waals surface area contributed by atoms with Crippen molar-refractivity contribution in [3.05, 3.63) is 60.9 Å². The maximum atomic E-state index is 12.1.